The number of rotatable bonds is 4. The zero-order valence-electron chi connectivity index (χ0n) is 16.3. The zero-order chi connectivity index (χ0) is 18.9. The zero-order valence-corrected chi connectivity index (χ0v) is 16.3. The molecule has 27 heavy (non-hydrogen) atoms. The smallest absolute Gasteiger partial charge is 0.244 e. The molecule has 0 saturated carbocycles. The highest BCUT2D eigenvalue weighted by Crippen LogP contribution is 2.37. The summed E-state index contributed by atoms with van der Waals surface area (Å²) < 4.78 is 0. The first-order chi connectivity index (χ1) is 13.1. The number of likely N-dealkylation sites (N-methyl/N-ethyl adjacent to an activating group) is 1. The first-order valence-corrected chi connectivity index (χ1v) is 9.96. The van der Waals surface area contributed by atoms with Crippen LogP contribution in [0.15, 0.2) is 54.6 Å². The van der Waals surface area contributed by atoms with Crippen molar-refractivity contribution >= 4 is 5.91 Å². The predicted octanol–water partition coefficient (Wildman–Crippen LogP) is 2.65. The number of benzene rings is 2. The second-order valence-electron chi connectivity index (χ2n) is 7.89. The van der Waals surface area contributed by atoms with E-state index in [1.807, 2.05) is 30.1 Å². The van der Waals surface area contributed by atoms with Gasteiger partial charge in [-0.2, -0.15) is 0 Å². The molecule has 0 radical (unpaired) electrons. The van der Waals surface area contributed by atoms with Crippen molar-refractivity contribution in [3.05, 3.63) is 71.3 Å². The molecule has 2 aromatic carbocycles. The first-order valence-electron chi connectivity index (χ1n) is 9.96. The van der Waals surface area contributed by atoms with E-state index in [2.05, 4.69) is 53.5 Å². The Labute approximate surface area is 162 Å². The number of nitrogens with zero attached hydrogens (tertiary/aromatic N) is 2. The number of carbonyl (C=O) groups excluding carboxylic acids is 1. The molecule has 0 bridgehead atoms. The maximum atomic E-state index is 13.9. The lowest BCUT2D eigenvalue weighted by Gasteiger charge is -2.45. The van der Waals surface area contributed by atoms with E-state index >= 15 is 0 Å². The normalized spacial score (nSPS) is 20.1. The van der Waals surface area contributed by atoms with Crippen LogP contribution in [0.1, 0.15) is 29.7 Å². The van der Waals surface area contributed by atoms with Crippen LogP contribution in [0.4, 0.5) is 0 Å². The van der Waals surface area contributed by atoms with Gasteiger partial charge in [-0.25, -0.2) is 0 Å². The van der Waals surface area contributed by atoms with Crippen molar-refractivity contribution in [2.24, 2.45) is 0 Å². The lowest BCUT2D eigenvalue weighted by molar-refractivity contribution is -0.145. The third kappa shape index (κ3) is 3.28. The molecule has 1 aliphatic carbocycles. The number of carbonyl (C=O) groups is 1. The average molecular weight is 364 g/mol. The van der Waals surface area contributed by atoms with Crippen LogP contribution in [0.5, 0.6) is 0 Å². The molecule has 0 aromatic heterocycles. The highest BCUT2D eigenvalue weighted by Gasteiger charge is 2.50. The monoisotopic (exact) mass is 363 g/mol. The molecule has 1 aliphatic heterocycles. The molecule has 1 saturated heterocycles. The number of fused-ring (bicyclic) bond motifs is 1. The molecule has 4 nitrogen and oxygen atoms in total. The molecular formula is C23H29N3O. The quantitative estimate of drug-likeness (QED) is 0.907. The van der Waals surface area contributed by atoms with Crippen molar-refractivity contribution in [1.29, 1.82) is 0 Å². The molecule has 2 aliphatic rings. The highest BCUT2D eigenvalue weighted by atomic mass is 16.2. The summed E-state index contributed by atoms with van der Waals surface area (Å²) in [6.45, 7) is 5.87. The van der Waals surface area contributed by atoms with Gasteiger partial charge in [0.1, 0.15) is 5.54 Å². The van der Waals surface area contributed by atoms with Crippen LogP contribution in [0.25, 0.3) is 0 Å². The average Bonchev–Trinajstić information content (AvgIpc) is 3.14. The van der Waals surface area contributed by atoms with Crippen molar-refractivity contribution < 1.29 is 4.79 Å². The van der Waals surface area contributed by atoms with Crippen molar-refractivity contribution in [1.82, 2.24) is 15.1 Å². The van der Waals surface area contributed by atoms with Gasteiger partial charge in [-0.15, -0.1) is 0 Å². The molecule has 0 spiro atoms. The van der Waals surface area contributed by atoms with E-state index in [0.29, 0.717) is 0 Å². The van der Waals surface area contributed by atoms with Gasteiger partial charge in [-0.1, -0.05) is 54.6 Å². The fourth-order valence-electron chi connectivity index (χ4n) is 4.66. The van der Waals surface area contributed by atoms with E-state index < -0.39 is 5.54 Å². The van der Waals surface area contributed by atoms with Gasteiger partial charge in [0.05, 0.1) is 6.04 Å². The minimum absolute atomic E-state index is 0.0576. The summed E-state index contributed by atoms with van der Waals surface area (Å²) in [5, 5.41) is 3.43. The number of amides is 1. The Hall–Kier alpha value is -2.17. The van der Waals surface area contributed by atoms with E-state index in [9.17, 15) is 4.79 Å². The summed E-state index contributed by atoms with van der Waals surface area (Å²) in [5.74, 6) is 0.247. The van der Waals surface area contributed by atoms with E-state index in [-0.39, 0.29) is 11.9 Å². The van der Waals surface area contributed by atoms with Gasteiger partial charge in [0.2, 0.25) is 5.91 Å². The van der Waals surface area contributed by atoms with E-state index in [4.69, 9.17) is 0 Å². The van der Waals surface area contributed by atoms with Crippen LogP contribution in [0.3, 0.4) is 0 Å². The second kappa shape index (κ2) is 7.45. The summed E-state index contributed by atoms with van der Waals surface area (Å²) in [7, 11) is 1.97. The molecule has 4 heteroatoms. The Morgan fingerprint density at radius 3 is 2.15 bits per heavy atom. The molecule has 1 heterocycles. The topological polar surface area (TPSA) is 35.6 Å². The largest absolute Gasteiger partial charge is 0.337 e. The lowest BCUT2D eigenvalue weighted by atomic mass is 9.89. The summed E-state index contributed by atoms with van der Waals surface area (Å²) in [4.78, 5) is 18.3. The van der Waals surface area contributed by atoms with Gasteiger partial charge in [0.15, 0.2) is 0 Å². The van der Waals surface area contributed by atoms with Crippen LogP contribution < -0.4 is 5.32 Å². The molecule has 0 unspecified atom stereocenters. The van der Waals surface area contributed by atoms with Gasteiger partial charge < -0.3 is 10.2 Å². The van der Waals surface area contributed by atoms with Gasteiger partial charge >= 0.3 is 0 Å². The molecule has 1 N–H and O–H groups in total. The lowest BCUT2D eigenvalue weighted by Crippen LogP contribution is -2.64. The minimum atomic E-state index is -0.455. The Kier molecular flexibility index (Phi) is 5.02. The molecular weight excluding hydrogens is 334 g/mol. The van der Waals surface area contributed by atoms with Crippen LogP contribution in [-0.2, 0) is 17.6 Å². The highest BCUT2D eigenvalue weighted by molar-refractivity contribution is 5.88. The Balaban J connectivity index is 1.66. The minimum Gasteiger partial charge on any atom is -0.337 e. The number of hydrogen-bond acceptors (Lipinski definition) is 3. The molecule has 142 valence electrons. The SMILES string of the molecule is C[C@H](c1ccccc1)N(C)C(=O)C1(N2CCNCC2)Cc2ccccc2C1. The van der Waals surface area contributed by atoms with Crippen LogP contribution in [0, 0.1) is 0 Å². The van der Waals surface area contributed by atoms with E-state index in [0.717, 1.165) is 39.0 Å². The van der Waals surface area contributed by atoms with Crippen molar-refractivity contribution in [3.8, 4) is 0 Å². The standard InChI is InChI=1S/C23H29N3O/c1-18(19-8-4-3-5-9-19)25(2)22(27)23(26-14-12-24-13-15-26)16-20-10-6-7-11-21(20)17-23/h3-11,18,24H,12-17H2,1-2H3/t18-/m1/s1. The predicted molar refractivity (Wildman–Crippen MR) is 109 cm³/mol. The van der Waals surface area contributed by atoms with Crippen LogP contribution in [-0.4, -0.2) is 54.5 Å². The van der Waals surface area contributed by atoms with Gasteiger partial charge in [0, 0.05) is 46.1 Å². The number of piperazine rings is 1. The molecule has 1 amide bonds. The Morgan fingerprint density at radius 2 is 1.56 bits per heavy atom. The summed E-state index contributed by atoms with van der Waals surface area (Å²) in [5.41, 5.74) is 3.37. The van der Waals surface area contributed by atoms with Crippen molar-refractivity contribution in [2.45, 2.75) is 31.3 Å². The third-order valence-corrected chi connectivity index (χ3v) is 6.39. The maximum absolute atomic E-state index is 13.9. The maximum Gasteiger partial charge on any atom is 0.244 e. The van der Waals surface area contributed by atoms with E-state index in [1.165, 1.54) is 16.7 Å². The van der Waals surface area contributed by atoms with Crippen molar-refractivity contribution in [2.75, 3.05) is 33.2 Å². The molecule has 1 atom stereocenters. The number of nitrogens with one attached hydrogen (secondary N) is 1. The molecule has 4 rings (SSSR count). The van der Waals surface area contributed by atoms with Gasteiger partial charge in [-0.05, 0) is 23.6 Å². The molecule has 1 fully saturated rings. The summed E-state index contributed by atoms with van der Waals surface area (Å²) in [6.07, 6.45) is 1.63. The summed E-state index contributed by atoms with van der Waals surface area (Å²) >= 11 is 0. The summed E-state index contributed by atoms with van der Waals surface area (Å²) in [6, 6.07) is 18.9. The first kappa shape index (κ1) is 18.2. The second-order valence-corrected chi connectivity index (χ2v) is 7.89. The Morgan fingerprint density at radius 1 is 1.00 bits per heavy atom. The van der Waals surface area contributed by atoms with Gasteiger partial charge in [-0.3, -0.25) is 9.69 Å². The van der Waals surface area contributed by atoms with Crippen LogP contribution >= 0.6 is 0 Å². The number of hydrogen-bond donors (Lipinski definition) is 1. The van der Waals surface area contributed by atoms with Gasteiger partial charge in [0.25, 0.3) is 0 Å². The van der Waals surface area contributed by atoms with E-state index in [1.54, 1.807) is 0 Å². The fraction of sp³-hybridized carbons (Fsp3) is 0.435. The van der Waals surface area contributed by atoms with Crippen molar-refractivity contribution in [3.63, 3.8) is 0 Å². The molecule has 2 aromatic rings. The fourth-order valence-corrected chi connectivity index (χ4v) is 4.66. The Bertz CT molecular complexity index is 773. The third-order valence-electron chi connectivity index (χ3n) is 6.39. The van der Waals surface area contributed by atoms with Crippen LogP contribution in [0.2, 0.25) is 0 Å².